The van der Waals surface area contributed by atoms with E-state index in [0.717, 1.165) is 17.5 Å². The van der Waals surface area contributed by atoms with Gasteiger partial charge in [0.25, 0.3) is 5.91 Å². The Bertz CT molecular complexity index is 940. The minimum Gasteiger partial charge on any atom is -0.489 e. The zero-order valence-electron chi connectivity index (χ0n) is 15.1. The SMILES string of the molecule is Cc1cccc(C)c1NC(=O)/C(C#N)=C/c1cc(Cl)c2c(c1)OCCCO2. The molecule has 1 aliphatic heterocycles. The van der Waals surface area contributed by atoms with Gasteiger partial charge in [-0.3, -0.25) is 4.79 Å². The molecule has 1 N–H and O–H groups in total. The molecule has 138 valence electrons. The van der Waals surface area contributed by atoms with Crippen molar-refractivity contribution >= 4 is 29.3 Å². The van der Waals surface area contributed by atoms with Crippen LogP contribution in [0.4, 0.5) is 5.69 Å². The van der Waals surface area contributed by atoms with Crippen LogP contribution >= 0.6 is 11.6 Å². The molecular weight excluding hydrogens is 364 g/mol. The van der Waals surface area contributed by atoms with E-state index in [1.807, 2.05) is 38.1 Å². The Morgan fingerprint density at radius 1 is 1.22 bits per heavy atom. The number of aryl methyl sites for hydroxylation is 2. The summed E-state index contributed by atoms with van der Waals surface area (Å²) >= 11 is 6.28. The molecule has 2 aromatic rings. The highest BCUT2D eigenvalue weighted by atomic mass is 35.5. The van der Waals surface area contributed by atoms with E-state index in [9.17, 15) is 10.1 Å². The van der Waals surface area contributed by atoms with Crippen LogP contribution in [0.1, 0.15) is 23.1 Å². The first kappa shape index (κ1) is 18.8. The highest BCUT2D eigenvalue weighted by Gasteiger charge is 2.17. The predicted molar refractivity (Wildman–Crippen MR) is 105 cm³/mol. The number of hydrogen-bond donors (Lipinski definition) is 1. The van der Waals surface area contributed by atoms with E-state index >= 15 is 0 Å². The summed E-state index contributed by atoms with van der Waals surface area (Å²) in [4.78, 5) is 12.6. The number of nitrogens with one attached hydrogen (secondary N) is 1. The van der Waals surface area contributed by atoms with Crippen LogP contribution < -0.4 is 14.8 Å². The smallest absolute Gasteiger partial charge is 0.266 e. The average molecular weight is 383 g/mol. The number of carbonyl (C=O) groups is 1. The number of rotatable bonds is 3. The van der Waals surface area contributed by atoms with E-state index in [1.165, 1.54) is 6.08 Å². The van der Waals surface area contributed by atoms with Crippen molar-refractivity contribution in [3.8, 4) is 17.6 Å². The quantitative estimate of drug-likeness (QED) is 0.618. The van der Waals surface area contributed by atoms with Crippen molar-refractivity contribution < 1.29 is 14.3 Å². The Morgan fingerprint density at radius 2 is 1.93 bits per heavy atom. The molecule has 0 unspecified atom stereocenters. The molecule has 0 radical (unpaired) electrons. The average Bonchev–Trinajstić information content (AvgIpc) is 2.88. The first-order chi connectivity index (χ1) is 13.0. The van der Waals surface area contributed by atoms with Crippen LogP contribution in [0, 0.1) is 25.2 Å². The summed E-state index contributed by atoms with van der Waals surface area (Å²) in [5, 5.41) is 12.7. The fourth-order valence-electron chi connectivity index (χ4n) is 2.84. The molecule has 0 fully saturated rings. The molecule has 0 saturated heterocycles. The van der Waals surface area contributed by atoms with Crippen LogP contribution in [0.3, 0.4) is 0 Å². The lowest BCUT2D eigenvalue weighted by molar-refractivity contribution is -0.112. The first-order valence-corrected chi connectivity index (χ1v) is 8.96. The van der Waals surface area contributed by atoms with E-state index in [1.54, 1.807) is 12.1 Å². The minimum absolute atomic E-state index is 0.0248. The molecule has 1 aliphatic rings. The monoisotopic (exact) mass is 382 g/mol. The van der Waals surface area contributed by atoms with Gasteiger partial charge in [0.15, 0.2) is 11.5 Å². The van der Waals surface area contributed by atoms with Gasteiger partial charge in [-0.2, -0.15) is 5.26 Å². The van der Waals surface area contributed by atoms with Gasteiger partial charge in [-0.1, -0.05) is 29.8 Å². The fourth-order valence-corrected chi connectivity index (χ4v) is 3.12. The fraction of sp³-hybridized carbons (Fsp3) is 0.238. The number of carbonyl (C=O) groups excluding carboxylic acids is 1. The van der Waals surface area contributed by atoms with Gasteiger partial charge in [0.05, 0.1) is 18.2 Å². The van der Waals surface area contributed by atoms with Crippen LogP contribution in [0.15, 0.2) is 35.9 Å². The number of ether oxygens (including phenoxy) is 2. The maximum absolute atomic E-state index is 12.6. The molecule has 1 heterocycles. The van der Waals surface area contributed by atoms with Crippen molar-refractivity contribution in [2.45, 2.75) is 20.3 Å². The number of nitrogens with zero attached hydrogens (tertiary/aromatic N) is 1. The summed E-state index contributed by atoms with van der Waals surface area (Å²) in [5.74, 6) is 0.529. The first-order valence-electron chi connectivity index (χ1n) is 8.58. The van der Waals surface area contributed by atoms with E-state index in [2.05, 4.69) is 5.32 Å². The summed E-state index contributed by atoms with van der Waals surface area (Å²) in [6.07, 6.45) is 2.25. The molecule has 0 atom stereocenters. The third-order valence-electron chi connectivity index (χ3n) is 4.22. The van der Waals surface area contributed by atoms with Gasteiger partial charge >= 0.3 is 0 Å². The van der Waals surface area contributed by atoms with E-state index < -0.39 is 5.91 Å². The van der Waals surface area contributed by atoms with Crippen molar-refractivity contribution in [2.75, 3.05) is 18.5 Å². The van der Waals surface area contributed by atoms with E-state index in [4.69, 9.17) is 21.1 Å². The molecule has 27 heavy (non-hydrogen) atoms. The second kappa shape index (κ2) is 8.15. The summed E-state index contributed by atoms with van der Waals surface area (Å²) < 4.78 is 11.2. The number of anilines is 1. The lowest BCUT2D eigenvalue weighted by Gasteiger charge is -2.12. The number of benzene rings is 2. The Balaban J connectivity index is 1.90. The molecule has 0 aliphatic carbocycles. The van der Waals surface area contributed by atoms with Crippen molar-refractivity contribution in [2.24, 2.45) is 0 Å². The Morgan fingerprint density at radius 3 is 2.63 bits per heavy atom. The van der Waals surface area contributed by atoms with Gasteiger partial charge in [0, 0.05) is 12.1 Å². The van der Waals surface area contributed by atoms with Crippen molar-refractivity contribution in [3.63, 3.8) is 0 Å². The maximum Gasteiger partial charge on any atom is 0.266 e. The van der Waals surface area contributed by atoms with Crippen LogP contribution in [0.25, 0.3) is 6.08 Å². The number of fused-ring (bicyclic) bond motifs is 1. The lowest BCUT2D eigenvalue weighted by Crippen LogP contribution is -2.15. The second-order valence-corrected chi connectivity index (χ2v) is 6.68. The van der Waals surface area contributed by atoms with Gasteiger partial charge in [-0.25, -0.2) is 0 Å². The molecule has 0 aromatic heterocycles. The summed E-state index contributed by atoms with van der Waals surface area (Å²) in [6, 6.07) is 11.1. The molecular formula is C21H19ClN2O3. The van der Waals surface area contributed by atoms with E-state index in [0.29, 0.717) is 41.0 Å². The number of halogens is 1. The summed E-state index contributed by atoms with van der Waals surface area (Å²) in [6.45, 7) is 4.86. The van der Waals surface area contributed by atoms with Crippen molar-refractivity contribution in [1.29, 1.82) is 5.26 Å². The third kappa shape index (κ3) is 4.24. The number of para-hydroxylation sites is 1. The normalized spacial score (nSPS) is 13.5. The van der Waals surface area contributed by atoms with Gasteiger partial charge in [-0.15, -0.1) is 0 Å². The van der Waals surface area contributed by atoms with Gasteiger partial charge in [-0.05, 0) is 48.7 Å². The molecule has 0 spiro atoms. The standard InChI is InChI=1S/C21H19ClN2O3/c1-13-5-3-6-14(2)19(13)24-21(25)16(12-23)9-15-10-17(22)20-18(11-15)26-7-4-8-27-20/h3,5-6,9-11H,4,7-8H2,1-2H3,(H,24,25)/b16-9+. The maximum atomic E-state index is 12.6. The van der Waals surface area contributed by atoms with Crippen LogP contribution in [-0.2, 0) is 4.79 Å². The Kier molecular flexibility index (Phi) is 5.68. The molecule has 6 heteroatoms. The number of amides is 1. The van der Waals surface area contributed by atoms with E-state index in [-0.39, 0.29) is 5.57 Å². The molecule has 0 bridgehead atoms. The third-order valence-corrected chi connectivity index (χ3v) is 4.50. The van der Waals surface area contributed by atoms with Gasteiger partial charge < -0.3 is 14.8 Å². The topological polar surface area (TPSA) is 71.4 Å². The van der Waals surface area contributed by atoms with Crippen LogP contribution in [0.2, 0.25) is 5.02 Å². The largest absolute Gasteiger partial charge is 0.489 e. The zero-order chi connectivity index (χ0) is 19.4. The highest BCUT2D eigenvalue weighted by molar-refractivity contribution is 6.32. The van der Waals surface area contributed by atoms with Crippen LogP contribution in [-0.4, -0.2) is 19.1 Å². The Hall–Kier alpha value is -2.97. The highest BCUT2D eigenvalue weighted by Crippen LogP contribution is 2.38. The summed E-state index contributed by atoms with van der Waals surface area (Å²) in [7, 11) is 0. The molecule has 5 nitrogen and oxygen atoms in total. The molecule has 2 aromatic carbocycles. The zero-order valence-corrected chi connectivity index (χ0v) is 15.9. The lowest BCUT2D eigenvalue weighted by atomic mass is 10.1. The predicted octanol–water partition coefficient (Wildman–Crippen LogP) is 4.66. The van der Waals surface area contributed by atoms with Gasteiger partial charge in [0.2, 0.25) is 0 Å². The van der Waals surface area contributed by atoms with Crippen molar-refractivity contribution in [1.82, 2.24) is 0 Å². The van der Waals surface area contributed by atoms with Crippen LogP contribution in [0.5, 0.6) is 11.5 Å². The summed E-state index contributed by atoms with van der Waals surface area (Å²) in [5.41, 5.74) is 3.14. The molecule has 1 amide bonds. The molecule has 3 rings (SSSR count). The Labute approximate surface area is 163 Å². The van der Waals surface area contributed by atoms with Crippen molar-refractivity contribution in [3.05, 3.63) is 57.6 Å². The number of hydrogen-bond acceptors (Lipinski definition) is 4. The molecule has 0 saturated carbocycles. The van der Waals surface area contributed by atoms with Gasteiger partial charge in [0.1, 0.15) is 11.6 Å². The minimum atomic E-state index is -0.474. The second-order valence-electron chi connectivity index (χ2n) is 6.27. The number of nitriles is 1.